The first kappa shape index (κ1) is 24.2. The molecule has 134 valence electrons. The molecule has 8 heteroatoms. The molecule has 0 unspecified atom stereocenters. The van der Waals surface area contributed by atoms with Crippen molar-refractivity contribution in [2.45, 2.75) is 65.4 Å². The number of nitrogens with one attached hydrogen (secondary N) is 1. The Hall–Kier alpha value is -1.07. The largest absolute Gasteiger partial charge is 0.449 e. The van der Waals surface area contributed by atoms with E-state index in [0.717, 1.165) is 0 Å². The lowest BCUT2D eigenvalue weighted by Gasteiger charge is -2.23. The molecular weight excluding hydrogens is 336 g/mol. The molecule has 0 saturated carbocycles. The van der Waals surface area contributed by atoms with Gasteiger partial charge in [-0.2, -0.15) is 5.26 Å². The molecule has 0 spiro atoms. The minimum absolute atomic E-state index is 0. The van der Waals surface area contributed by atoms with Crippen LogP contribution in [0.15, 0.2) is 0 Å². The van der Waals surface area contributed by atoms with E-state index >= 15 is 0 Å². The average molecular weight is 365 g/mol. The van der Waals surface area contributed by atoms with Crippen LogP contribution in [0.25, 0.3) is 0 Å². The van der Waals surface area contributed by atoms with Crippen LogP contribution in [0.1, 0.15) is 49.0 Å². The van der Waals surface area contributed by atoms with Crippen molar-refractivity contribution < 1.29 is 19.1 Å². The Morgan fingerprint density at radius 2 is 1.78 bits per heavy atom. The molecule has 0 fully saturated rings. The molecule has 0 rings (SSSR count). The predicted molar refractivity (Wildman–Crippen MR) is 96.3 cm³/mol. The lowest BCUT2D eigenvalue weighted by atomic mass is 10.2. The fraction of sp³-hybridized carbons (Fsp3) is 0.800. The molecule has 0 aromatic heterocycles. The molecule has 6 nitrogen and oxygen atoms in total. The average Bonchev–Trinajstić information content (AvgIpc) is 2.30. The Morgan fingerprint density at radius 1 is 1.22 bits per heavy atom. The molecule has 0 aliphatic carbocycles. The fourth-order valence-electron chi connectivity index (χ4n) is 1.10. The van der Waals surface area contributed by atoms with Crippen molar-refractivity contribution in [3.63, 3.8) is 0 Å². The second kappa shape index (κ2) is 10.7. The first-order valence-electron chi connectivity index (χ1n) is 6.78. The van der Waals surface area contributed by atoms with E-state index in [4.69, 9.17) is 14.7 Å². The molecule has 0 aromatic rings. The van der Waals surface area contributed by atoms with E-state index in [-0.39, 0.29) is 18.8 Å². The van der Waals surface area contributed by atoms with Crippen LogP contribution >= 0.6 is 21.6 Å². The van der Waals surface area contributed by atoms with Crippen LogP contribution in [0.5, 0.6) is 0 Å². The highest BCUT2D eigenvalue weighted by Crippen LogP contribution is 2.35. The Labute approximate surface area is 147 Å². The molecule has 0 heterocycles. The van der Waals surface area contributed by atoms with Gasteiger partial charge < -0.3 is 14.8 Å². The second-order valence-corrected chi connectivity index (χ2v) is 9.61. The third-order valence-corrected chi connectivity index (χ3v) is 5.15. The number of hydrogen-bond donors (Lipinski definition) is 1. The number of esters is 1. The highest BCUT2D eigenvalue weighted by atomic mass is 33.1. The zero-order valence-electron chi connectivity index (χ0n) is 13.9. The minimum Gasteiger partial charge on any atom is -0.449 e. The third-order valence-electron chi connectivity index (χ3n) is 1.80. The first-order chi connectivity index (χ1) is 9.94. The fourth-order valence-corrected chi connectivity index (χ4v) is 3.55. The molecule has 0 aliphatic heterocycles. The van der Waals surface area contributed by atoms with Crippen molar-refractivity contribution >= 4 is 33.7 Å². The number of carbonyl (C=O) groups is 2. The van der Waals surface area contributed by atoms with Gasteiger partial charge in [-0.15, -0.1) is 0 Å². The summed E-state index contributed by atoms with van der Waals surface area (Å²) in [5, 5.41) is 11.0. The van der Waals surface area contributed by atoms with E-state index in [1.165, 1.54) is 10.8 Å². The number of amides is 1. The summed E-state index contributed by atoms with van der Waals surface area (Å²) in [5.74, 6) is -0.319. The Bertz CT molecular complexity index is 423. The van der Waals surface area contributed by atoms with Crippen molar-refractivity contribution in [1.29, 1.82) is 5.26 Å². The summed E-state index contributed by atoms with van der Waals surface area (Å²) < 4.78 is 9.93. The smallest absolute Gasteiger partial charge is 0.408 e. The third kappa shape index (κ3) is 14.3. The van der Waals surface area contributed by atoms with Gasteiger partial charge in [0.2, 0.25) is 0 Å². The summed E-state index contributed by atoms with van der Waals surface area (Å²) in [7, 11) is 3.05. The van der Waals surface area contributed by atoms with Gasteiger partial charge in [0, 0.05) is 10.5 Å². The lowest BCUT2D eigenvalue weighted by molar-refractivity contribution is -0.144. The molecule has 0 bridgehead atoms. The van der Waals surface area contributed by atoms with Crippen LogP contribution in [0.3, 0.4) is 0 Å². The monoisotopic (exact) mass is 364 g/mol. The maximum absolute atomic E-state index is 11.9. The van der Waals surface area contributed by atoms with Crippen molar-refractivity contribution in [3.8, 4) is 6.07 Å². The standard InChI is InChI=1S/C14H24N2O4S2.CH4/c1-13(2,3)20-12(18)16-10(11(17)19-8-7-15)9-21-22-14(4,5)6;/h10H,8-9H2,1-6H3,(H,16,18);1H4/t10-;/m0./s1. The number of rotatable bonds is 6. The Balaban J connectivity index is 0. The molecule has 1 atom stereocenters. The van der Waals surface area contributed by atoms with E-state index < -0.39 is 23.7 Å². The summed E-state index contributed by atoms with van der Waals surface area (Å²) in [6, 6.07) is 0.868. The molecule has 0 saturated heterocycles. The lowest BCUT2D eigenvalue weighted by Crippen LogP contribution is -2.45. The van der Waals surface area contributed by atoms with Gasteiger partial charge in [0.05, 0.1) is 0 Å². The van der Waals surface area contributed by atoms with Crippen LogP contribution in [-0.2, 0) is 14.3 Å². The quantitative estimate of drug-likeness (QED) is 0.567. The maximum Gasteiger partial charge on any atom is 0.408 e. The van der Waals surface area contributed by atoms with Crippen LogP contribution in [0.2, 0.25) is 0 Å². The molecule has 23 heavy (non-hydrogen) atoms. The highest BCUT2D eigenvalue weighted by molar-refractivity contribution is 8.77. The van der Waals surface area contributed by atoms with E-state index in [2.05, 4.69) is 26.1 Å². The molecular formula is C15H28N2O4S2. The molecule has 0 radical (unpaired) electrons. The Morgan fingerprint density at radius 3 is 2.22 bits per heavy atom. The minimum atomic E-state index is -0.858. The normalized spacial score (nSPS) is 12.4. The number of carbonyl (C=O) groups excluding carboxylic acids is 2. The van der Waals surface area contributed by atoms with Gasteiger partial charge in [-0.05, 0) is 20.8 Å². The van der Waals surface area contributed by atoms with Gasteiger partial charge in [-0.25, -0.2) is 9.59 Å². The van der Waals surface area contributed by atoms with Gasteiger partial charge in [-0.1, -0.05) is 49.8 Å². The van der Waals surface area contributed by atoms with Gasteiger partial charge in [0.15, 0.2) is 6.61 Å². The SMILES string of the molecule is C.CC(C)(C)OC(=O)N[C@@H](CSSC(C)(C)C)C(=O)OCC#N. The van der Waals surface area contributed by atoms with Crippen LogP contribution in [0.4, 0.5) is 4.79 Å². The summed E-state index contributed by atoms with van der Waals surface area (Å²) in [5.41, 5.74) is -0.654. The van der Waals surface area contributed by atoms with Crippen molar-refractivity contribution in [2.75, 3.05) is 12.4 Å². The van der Waals surface area contributed by atoms with E-state index in [1.54, 1.807) is 37.6 Å². The number of alkyl carbamates (subject to hydrolysis) is 1. The number of nitrogens with zero attached hydrogens (tertiary/aromatic N) is 1. The summed E-state index contributed by atoms with van der Waals surface area (Å²) in [4.78, 5) is 23.7. The van der Waals surface area contributed by atoms with Gasteiger partial charge in [0.25, 0.3) is 0 Å². The summed E-state index contributed by atoms with van der Waals surface area (Å²) in [6.45, 7) is 11.0. The summed E-state index contributed by atoms with van der Waals surface area (Å²) >= 11 is 0. The van der Waals surface area contributed by atoms with Gasteiger partial charge >= 0.3 is 12.1 Å². The summed E-state index contributed by atoms with van der Waals surface area (Å²) in [6.07, 6.45) is -0.687. The van der Waals surface area contributed by atoms with Crippen LogP contribution in [0, 0.1) is 11.3 Å². The number of nitriles is 1. The van der Waals surface area contributed by atoms with Gasteiger partial charge in [-0.3, -0.25) is 0 Å². The van der Waals surface area contributed by atoms with Crippen molar-refractivity contribution in [3.05, 3.63) is 0 Å². The first-order valence-corrected chi connectivity index (χ1v) is 9.10. The second-order valence-electron chi connectivity index (χ2n) is 6.44. The molecule has 1 N–H and O–H groups in total. The van der Waals surface area contributed by atoms with Crippen molar-refractivity contribution in [2.24, 2.45) is 0 Å². The molecule has 0 aromatic carbocycles. The van der Waals surface area contributed by atoms with E-state index in [9.17, 15) is 9.59 Å². The van der Waals surface area contributed by atoms with Crippen LogP contribution < -0.4 is 5.32 Å². The molecule has 0 aliphatic rings. The highest BCUT2D eigenvalue weighted by Gasteiger charge is 2.26. The number of ether oxygens (including phenoxy) is 2. The van der Waals surface area contributed by atoms with E-state index in [0.29, 0.717) is 5.75 Å². The van der Waals surface area contributed by atoms with Crippen molar-refractivity contribution in [1.82, 2.24) is 5.32 Å². The number of hydrogen-bond acceptors (Lipinski definition) is 7. The zero-order chi connectivity index (χ0) is 17.4. The predicted octanol–water partition coefficient (Wildman–Crippen LogP) is 3.76. The zero-order valence-corrected chi connectivity index (χ0v) is 15.5. The van der Waals surface area contributed by atoms with Crippen LogP contribution in [-0.4, -0.2) is 40.8 Å². The molecule has 1 amide bonds. The Kier molecular flexibility index (Phi) is 11.2. The van der Waals surface area contributed by atoms with Gasteiger partial charge in [0.1, 0.15) is 17.7 Å². The maximum atomic E-state index is 11.9. The van der Waals surface area contributed by atoms with E-state index in [1.807, 2.05) is 0 Å². The topological polar surface area (TPSA) is 88.4 Å².